The van der Waals surface area contributed by atoms with Crippen molar-refractivity contribution >= 4 is 0 Å². The molecule has 0 bridgehead atoms. The lowest BCUT2D eigenvalue weighted by atomic mass is 9.82. The predicted molar refractivity (Wildman–Crippen MR) is 58.9 cm³/mol. The Bertz CT molecular complexity index is 134. The summed E-state index contributed by atoms with van der Waals surface area (Å²) in [6.45, 7) is 9.33. The largest absolute Gasteiger partial charge is 0.312 e. The smallest absolute Gasteiger partial charge is 0.00438 e. The molecule has 13 heavy (non-hydrogen) atoms. The van der Waals surface area contributed by atoms with Crippen LogP contribution < -0.4 is 5.32 Å². The first-order valence-corrected chi connectivity index (χ1v) is 5.87. The van der Waals surface area contributed by atoms with Gasteiger partial charge >= 0.3 is 0 Å². The Hall–Kier alpha value is -0.0400. The van der Waals surface area contributed by atoms with E-state index in [1.165, 1.54) is 25.7 Å². The monoisotopic (exact) mass is 183 g/mol. The zero-order valence-corrected chi connectivity index (χ0v) is 9.64. The molecule has 1 heterocycles. The third-order valence-corrected chi connectivity index (χ3v) is 3.38. The lowest BCUT2D eigenvalue weighted by molar-refractivity contribution is 0.227. The Morgan fingerprint density at radius 1 is 1.23 bits per heavy atom. The minimum absolute atomic E-state index is 0.734. The number of piperidine rings is 1. The molecule has 1 nitrogen and oxygen atoms in total. The summed E-state index contributed by atoms with van der Waals surface area (Å²) in [5, 5.41) is 3.60. The highest BCUT2D eigenvalue weighted by atomic mass is 14.9. The first-order valence-electron chi connectivity index (χ1n) is 5.87. The molecule has 0 aromatic carbocycles. The van der Waals surface area contributed by atoms with Crippen LogP contribution in [0, 0.1) is 11.8 Å². The molecule has 0 aromatic heterocycles. The highest BCUT2D eigenvalue weighted by Gasteiger charge is 2.23. The second-order valence-corrected chi connectivity index (χ2v) is 5.06. The van der Waals surface area contributed by atoms with Gasteiger partial charge in [0.2, 0.25) is 0 Å². The van der Waals surface area contributed by atoms with Gasteiger partial charge in [-0.1, -0.05) is 20.3 Å². The third kappa shape index (κ3) is 3.68. The molecule has 78 valence electrons. The molecule has 1 N–H and O–H groups in total. The summed E-state index contributed by atoms with van der Waals surface area (Å²) in [4.78, 5) is 0. The molecule has 1 aliphatic heterocycles. The van der Waals surface area contributed by atoms with Gasteiger partial charge in [0, 0.05) is 12.1 Å². The molecule has 0 spiro atoms. The SMILES string of the molecule is CCC(C)CC1CC(C)NC(C)C1. The van der Waals surface area contributed by atoms with Crippen molar-refractivity contribution in [3.63, 3.8) is 0 Å². The van der Waals surface area contributed by atoms with Gasteiger partial charge in [0.15, 0.2) is 0 Å². The highest BCUT2D eigenvalue weighted by Crippen LogP contribution is 2.27. The van der Waals surface area contributed by atoms with Crippen LogP contribution in [0.25, 0.3) is 0 Å². The van der Waals surface area contributed by atoms with Crippen molar-refractivity contribution < 1.29 is 0 Å². The van der Waals surface area contributed by atoms with Crippen molar-refractivity contribution in [2.75, 3.05) is 0 Å². The minimum atomic E-state index is 0.734. The number of rotatable bonds is 3. The van der Waals surface area contributed by atoms with Crippen molar-refractivity contribution in [2.45, 2.75) is 65.5 Å². The van der Waals surface area contributed by atoms with E-state index in [1.807, 2.05) is 0 Å². The molecule has 0 aromatic rings. The van der Waals surface area contributed by atoms with Crippen LogP contribution >= 0.6 is 0 Å². The lowest BCUT2D eigenvalue weighted by Crippen LogP contribution is -2.42. The van der Waals surface area contributed by atoms with Crippen LogP contribution in [-0.4, -0.2) is 12.1 Å². The molecular formula is C12H25N. The van der Waals surface area contributed by atoms with E-state index in [4.69, 9.17) is 0 Å². The Kier molecular flexibility index (Phi) is 4.24. The fraction of sp³-hybridized carbons (Fsp3) is 1.00. The Morgan fingerprint density at radius 2 is 1.77 bits per heavy atom. The van der Waals surface area contributed by atoms with E-state index in [0.29, 0.717) is 0 Å². The van der Waals surface area contributed by atoms with Gasteiger partial charge in [0.1, 0.15) is 0 Å². The summed E-state index contributed by atoms with van der Waals surface area (Å²) in [6, 6.07) is 1.47. The van der Waals surface area contributed by atoms with Crippen LogP contribution in [0.4, 0.5) is 0 Å². The number of hydrogen-bond donors (Lipinski definition) is 1. The van der Waals surface area contributed by atoms with E-state index in [0.717, 1.165) is 23.9 Å². The minimum Gasteiger partial charge on any atom is -0.312 e. The lowest BCUT2D eigenvalue weighted by Gasteiger charge is -2.34. The fourth-order valence-electron chi connectivity index (χ4n) is 2.65. The zero-order chi connectivity index (χ0) is 9.84. The predicted octanol–water partition coefficient (Wildman–Crippen LogP) is 3.20. The van der Waals surface area contributed by atoms with Crippen LogP contribution in [0.2, 0.25) is 0 Å². The second kappa shape index (κ2) is 4.99. The summed E-state index contributed by atoms with van der Waals surface area (Å²) in [6.07, 6.45) is 5.54. The molecule has 1 saturated heterocycles. The van der Waals surface area contributed by atoms with Crippen molar-refractivity contribution in [2.24, 2.45) is 11.8 Å². The Morgan fingerprint density at radius 3 is 2.23 bits per heavy atom. The zero-order valence-electron chi connectivity index (χ0n) is 9.64. The van der Waals surface area contributed by atoms with E-state index in [9.17, 15) is 0 Å². The van der Waals surface area contributed by atoms with Gasteiger partial charge in [-0.05, 0) is 44.9 Å². The van der Waals surface area contributed by atoms with Gasteiger partial charge in [-0.2, -0.15) is 0 Å². The van der Waals surface area contributed by atoms with E-state index in [2.05, 4.69) is 33.0 Å². The topological polar surface area (TPSA) is 12.0 Å². The van der Waals surface area contributed by atoms with E-state index < -0.39 is 0 Å². The van der Waals surface area contributed by atoms with Crippen LogP contribution in [0.5, 0.6) is 0 Å². The molecule has 0 saturated carbocycles. The molecule has 1 rings (SSSR count). The number of hydrogen-bond acceptors (Lipinski definition) is 1. The van der Waals surface area contributed by atoms with Gasteiger partial charge in [-0.3, -0.25) is 0 Å². The third-order valence-electron chi connectivity index (χ3n) is 3.38. The second-order valence-electron chi connectivity index (χ2n) is 5.06. The average Bonchev–Trinajstić information content (AvgIpc) is 2.02. The summed E-state index contributed by atoms with van der Waals surface area (Å²) in [5.74, 6) is 1.89. The summed E-state index contributed by atoms with van der Waals surface area (Å²) in [7, 11) is 0. The van der Waals surface area contributed by atoms with Crippen LogP contribution in [0.1, 0.15) is 53.4 Å². The molecule has 3 unspecified atom stereocenters. The van der Waals surface area contributed by atoms with Gasteiger partial charge < -0.3 is 5.32 Å². The van der Waals surface area contributed by atoms with E-state index in [-0.39, 0.29) is 0 Å². The average molecular weight is 183 g/mol. The molecule has 0 amide bonds. The van der Waals surface area contributed by atoms with Gasteiger partial charge in [-0.15, -0.1) is 0 Å². The van der Waals surface area contributed by atoms with Crippen molar-refractivity contribution in [1.82, 2.24) is 5.32 Å². The Balaban J connectivity index is 2.32. The van der Waals surface area contributed by atoms with Crippen LogP contribution in [0.15, 0.2) is 0 Å². The standard InChI is InChI=1S/C12H25N/c1-5-9(2)6-12-7-10(3)13-11(4)8-12/h9-13H,5-8H2,1-4H3. The first kappa shape index (κ1) is 11.0. The first-order chi connectivity index (χ1) is 6.11. The molecule has 3 atom stereocenters. The van der Waals surface area contributed by atoms with Crippen molar-refractivity contribution in [1.29, 1.82) is 0 Å². The van der Waals surface area contributed by atoms with Gasteiger partial charge in [-0.25, -0.2) is 0 Å². The summed E-state index contributed by atoms with van der Waals surface area (Å²) < 4.78 is 0. The number of nitrogens with one attached hydrogen (secondary N) is 1. The summed E-state index contributed by atoms with van der Waals surface area (Å²) in [5.41, 5.74) is 0. The quantitative estimate of drug-likeness (QED) is 0.708. The maximum atomic E-state index is 3.60. The normalized spacial score (nSPS) is 37.4. The molecule has 0 radical (unpaired) electrons. The molecule has 1 heteroatoms. The molecule has 1 fully saturated rings. The van der Waals surface area contributed by atoms with Crippen molar-refractivity contribution in [3.8, 4) is 0 Å². The van der Waals surface area contributed by atoms with Crippen molar-refractivity contribution in [3.05, 3.63) is 0 Å². The maximum absolute atomic E-state index is 3.60. The molecule has 0 aliphatic carbocycles. The highest BCUT2D eigenvalue weighted by molar-refractivity contribution is 4.81. The molecule has 1 aliphatic rings. The van der Waals surface area contributed by atoms with E-state index >= 15 is 0 Å². The van der Waals surface area contributed by atoms with Gasteiger partial charge in [0.05, 0.1) is 0 Å². The fourth-order valence-corrected chi connectivity index (χ4v) is 2.65. The van der Waals surface area contributed by atoms with E-state index in [1.54, 1.807) is 0 Å². The van der Waals surface area contributed by atoms with Crippen LogP contribution in [-0.2, 0) is 0 Å². The summed E-state index contributed by atoms with van der Waals surface area (Å²) >= 11 is 0. The molecular weight excluding hydrogens is 158 g/mol. The van der Waals surface area contributed by atoms with Crippen LogP contribution in [0.3, 0.4) is 0 Å². The van der Waals surface area contributed by atoms with Gasteiger partial charge in [0.25, 0.3) is 0 Å². The Labute approximate surface area is 83.3 Å². The maximum Gasteiger partial charge on any atom is 0.00438 e.